The molecule has 1 rings (SSSR count). The highest BCUT2D eigenvalue weighted by molar-refractivity contribution is 5.95. The van der Waals surface area contributed by atoms with Crippen LogP contribution in [0.4, 0.5) is 11.4 Å². The molecular formula is C13H20N2O3. The van der Waals surface area contributed by atoms with E-state index < -0.39 is 6.10 Å². The van der Waals surface area contributed by atoms with E-state index in [2.05, 4.69) is 5.32 Å². The molecule has 1 atom stereocenters. The summed E-state index contributed by atoms with van der Waals surface area (Å²) in [6, 6.07) is 5.07. The number of nitrogens with one attached hydrogen (secondary N) is 1. The fourth-order valence-corrected chi connectivity index (χ4v) is 1.42. The molecule has 1 aromatic carbocycles. The largest absolute Gasteiger partial charge is 0.494 e. The number of carbonyl (C=O) groups excluding carboxylic acids is 1. The smallest absolute Gasteiger partial charge is 0.253 e. The lowest BCUT2D eigenvalue weighted by Crippen LogP contribution is -2.28. The molecule has 18 heavy (non-hydrogen) atoms. The Morgan fingerprint density at radius 1 is 1.50 bits per heavy atom. The van der Waals surface area contributed by atoms with Gasteiger partial charge in [-0.25, -0.2) is 0 Å². The third kappa shape index (κ3) is 3.92. The van der Waals surface area contributed by atoms with E-state index in [-0.39, 0.29) is 5.91 Å². The number of nitrogens with two attached hydrogens (primary N) is 1. The van der Waals surface area contributed by atoms with Crippen molar-refractivity contribution in [2.75, 3.05) is 24.8 Å². The van der Waals surface area contributed by atoms with Gasteiger partial charge in [-0.2, -0.15) is 0 Å². The molecule has 0 bridgehead atoms. The van der Waals surface area contributed by atoms with Crippen molar-refractivity contribution < 1.29 is 14.3 Å². The van der Waals surface area contributed by atoms with Crippen molar-refractivity contribution in [2.45, 2.75) is 26.4 Å². The molecule has 5 nitrogen and oxygen atoms in total. The highest BCUT2D eigenvalue weighted by atomic mass is 16.5. The molecule has 0 radical (unpaired) electrons. The van der Waals surface area contributed by atoms with Crippen LogP contribution in [0, 0.1) is 0 Å². The minimum Gasteiger partial charge on any atom is -0.494 e. The maximum absolute atomic E-state index is 11.8. The molecule has 100 valence electrons. The molecule has 1 aromatic rings. The minimum absolute atomic E-state index is 0.202. The second-order valence-electron chi connectivity index (χ2n) is 3.96. The third-order valence-corrected chi connectivity index (χ3v) is 2.42. The zero-order valence-corrected chi connectivity index (χ0v) is 11.0. The number of anilines is 2. The second kappa shape index (κ2) is 6.86. The predicted molar refractivity (Wildman–Crippen MR) is 71.7 cm³/mol. The number of carbonyl (C=O) groups is 1. The van der Waals surface area contributed by atoms with Crippen LogP contribution in [-0.2, 0) is 9.53 Å². The van der Waals surface area contributed by atoms with Crippen molar-refractivity contribution in [2.24, 2.45) is 0 Å². The van der Waals surface area contributed by atoms with E-state index in [9.17, 15) is 4.79 Å². The highest BCUT2D eigenvalue weighted by Crippen LogP contribution is 2.26. The van der Waals surface area contributed by atoms with E-state index >= 15 is 0 Å². The number of rotatable bonds is 6. The van der Waals surface area contributed by atoms with Gasteiger partial charge in [0.05, 0.1) is 12.8 Å². The Kier molecular flexibility index (Phi) is 5.45. The van der Waals surface area contributed by atoms with Gasteiger partial charge in [-0.15, -0.1) is 0 Å². The molecule has 0 aliphatic heterocycles. The summed E-state index contributed by atoms with van der Waals surface area (Å²) < 4.78 is 10.5. The first-order valence-corrected chi connectivity index (χ1v) is 5.94. The van der Waals surface area contributed by atoms with Crippen molar-refractivity contribution in [3.8, 4) is 5.75 Å². The quantitative estimate of drug-likeness (QED) is 0.760. The summed E-state index contributed by atoms with van der Waals surface area (Å²) in [5, 5.41) is 2.75. The molecule has 0 aliphatic carbocycles. The summed E-state index contributed by atoms with van der Waals surface area (Å²) in [6.45, 7) is 4.27. The maximum Gasteiger partial charge on any atom is 0.253 e. The van der Waals surface area contributed by atoms with Gasteiger partial charge in [0.25, 0.3) is 5.91 Å². The Morgan fingerprint density at radius 3 is 2.83 bits per heavy atom. The van der Waals surface area contributed by atoms with Gasteiger partial charge in [-0.3, -0.25) is 4.79 Å². The van der Waals surface area contributed by atoms with Gasteiger partial charge in [-0.1, -0.05) is 6.92 Å². The minimum atomic E-state index is -0.493. The Morgan fingerprint density at radius 2 is 2.22 bits per heavy atom. The Balaban J connectivity index is 2.69. The monoisotopic (exact) mass is 252 g/mol. The third-order valence-electron chi connectivity index (χ3n) is 2.42. The maximum atomic E-state index is 11.8. The number of amides is 1. The highest BCUT2D eigenvalue weighted by Gasteiger charge is 2.15. The van der Waals surface area contributed by atoms with Crippen LogP contribution in [0.15, 0.2) is 18.2 Å². The summed E-state index contributed by atoms with van der Waals surface area (Å²) in [5.74, 6) is 0.331. The number of hydrogen-bond acceptors (Lipinski definition) is 4. The first-order valence-electron chi connectivity index (χ1n) is 5.94. The van der Waals surface area contributed by atoms with Crippen molar-refractivity contribution in [1.82, 2.24) is 0 Å². The molecular weight excluding hydrogens is 232 g/mol. The Hall–Kier alpha value is -1.75. The summed E-state index contributed by atoms with van der Waals surface area (Å²) >= 11 is 0. The van der Waals surface area contributed by atoms with Crippen LogP contribution in [0.25, 0.3) is 0 Å². The fraction of sp³-hybridized carbons (Fsp3) is 0.462. The standard InChI is InChI=1S/C13H20N2O3/c1-4-7-18-9(2)13(16)15-11-6-5-10(14)8-12(11)17-3/h5-6,8-9H,4,7,14H2,1-3H3,(H,15,16). The van der Waals surface area contributed by atoms with Gasteiger partial charge in [0.2, 0.25) is 0 Å². The molecule has 0 saturated heterocycles. The molecule has 0 aromatic heterocycles. The van der Waals surface area contributed by atoms with Crippen LogP contribution in [-0.4, -0.2) is 25.7 Å². The number of methoxy groups -OCH3 is 1. The SMILES string of the molecule is CCCOC(C)C(=O)Nc1ccc(N)cc1OC. The zero-order valence-electron chi connectivity index (χ0n) is 11.0. The lowest BCUT2D eigenvalue weighted by Gasteiger charge is -2.15. The molecule has 0 aliphatic rings. The fourth-order valence-electron chi connectivity index (χ4n) is 1.42. The summed E-state index contributed by atoms with van der Waals surface area (Å²) in [7, 11) is 1.53. The van der Waals surface area contributed by atoms with Gasteiger partial charge < -0.3 is 20.5 Å². The van der Waals surface area contributed by atoms with Crippen LogP contribution >= 0.6 is 0 Å². The van der Waals surface area contributed by atoms with Gasteiger partial charge in [0, 0.05) is 18.4 Å². The van der Waals surface area contributed by atoms with E-state index in [0.717, 1.165) is 6.42 Å². The average Bonchev–Trinajstić information content (AvgIpc) is 2.37. The zero-order chi connectivity index (χ0) is 13.5. The Bertz CT molecular complexity index is 407. The first-order chi connectivity index (χ1) is 8.58. The van der Waals surface area contributed by atoms with E-state index in [1.54, 1.807) is 25.1 Å². The lowest BCUT2D eigenvalue weighted by atomic mass is 10.2. The predicted octanol–water partition coefficient (Wildman–Crippen LogP) is 2.03. The van der Waals surface area contributed by atoms with Crippen LogP contribution in [0.3, 0.4) is 0 Å². The molecule has 0 saturated carbocycles. The molecule has 0 spiro atoms. The number of benzene rings is 1. The second-order valence-corrected chi connectivity index (χ2v) is 3.96. The normalized spacial score (nSPS) is 11.9. The average molecular weight is 252 g/mol. The first kappa shape index (κ1) is 14.3. The summed E-state index contributed by atoms with van der Waals surface area (Å²) in [6.07, 6.45) is 0.384. The van der Waals surface area contributed by atoms with Crippen LogP contribution in [0.2, 0.25) is 0 Å². The van der Waals surface area contributed by atoms with Crippen LogP contribution in [0.5, 0.6) is 5.75 Å². The molecule has 0 fully saturated rings. The number of hydrogen-bond donors (Lipinski definition) is 2. The Labute approximate surface area is 107 Å². The number of ether oxygens (including phenoxy) is 2. The summed E-state index contributed by atoms with van der Waals surface area (Å²) in [4.78, 5) is 11.8. The van der Waals surface area contributed by atoms with E-state index in [0.29, 0.717) is 23.7 Å². The van der Waals surface area contributed by atoms with Crippen LogP contribution in [0.1, 0.15) is 20.3 Å². The summed E-state index contributed by atoms with van der Waals surface area (Å²) in [5.41, 5.74) is 6.81. The van der Waals surface area contributed by atoms with Gasteiger partial charge >= 0.3 is 0 Å². The van der Waals surface area contributed by atoms with Crippen molar-refractivity contribution >= 4 is 17.3 Å². The van der Waals surface area contributed by atoms with E-state index in [1.807, 2.05) is 6.92 Å². The molecule has 1 amide bonds. The van der Waals surface area contributed by atoms with Gasteiger partial charge in [-0.05, 0) is 25.5 Å². The van der Waals surface area contributed by atoms with Crippen LogP contribution < -0.4 is 15.8 Å². The molecule has 1 unspecified atom stereocenters. The van der Waals surface area contributed by atoms with E-state index in [1.165, 1.54) is 7.11 Å². The molecule has 5 heteroatoms. The molecule has 0 heterocycles. The van der Waals surface area contributed by atoms with Crippen molar-refractivity contribution in [3.05, 3.63) is 18.2 Å². The lowest BCUT2D eigenvalue weighted by molar-refractivity contribution is -0.126. The van der Waals surface area contributed by atoms with E-state index in [4.69, 9.17) is 15.2 Å². The van der Waals surface area contributed by atoms with Crippen molar-refractivity contribution in [3.63, 3.8) is 0 Å². The van der Waals surface area contributed by atoms with Gasteiger partial charge in [0.1, 0.15) is 11.9 Å². The topological polar surface area (TPSA) is 73.6 Å². The number of nitrogen functional groups attached to an aromatic ring is 1. The van der Waals surface area contributed by atoms with Crippen molar-refractivity contribution in [1.29, 1.82) is 0 Å². The van der Waals surface area contributed by atoms with Gasteiger partial charge in [0.15, 0.2) is 0 Å². The molecule has 3 N–H and O–H groups in total.